The molecule has 0 fully saturated rings. The van der Waals surface area contributed by atoms with Crippen molar-refractivity contribution >= 4 is 58.0 Å². The molecule has 0 radical (unpaired) electrons. The topological polar surface area (TPSA) is 119 Å². The van der Waals surface area contributed by atoms with Gasteiger partial charge in [-0.1, -0.05) is 11.6 Å². The van der Waals surface area contributed by atoms with Crippen LogP contribution in [-0.4, -0.2) is 38.0 Å². The maximum atomic E-state index is 13.5. The molecule has 186 valence electrons. The zero-order valence-electron chi connectivity index (χ0n) is 19.0. The number of hydrogen-bond acceptors (Lipinski definition) is 8. The highest BCUT2D eigenvalue weighted by Crippen LogP contribution is 2.31. The predicted octanol–water partition coefficient (Wildman–Crippen LogP) is 5.13. The summed E-state index contributed by atoms with van der Waals surface area (Å²) < 4.78 is 25.9. The number of ether oxygens (including phenoxy) is 1. The lowest BCUT2D eigenvalue weighted by atomic mass is 10.0. The summed E-state index contributed by atoms with van der Waals surface area (Å²) in [6, 6.07) is 7.70. The third-order valence-electron chi connectivity index (χ3n) is 5.11. The molecule has 0 unspecified atom stereocenters. The Morgan fingerprint density at radius 1 is 1.25 bits per heavy atom. The SMILES string of the molecule is CCOc1cc2ncnc(Nc3ccc(F)c(Cl)c3)c2cc1CC(=O)Cn1cc(CC(=O)O)oc1=S. The fourth-order valence-electron chi connectivity index (χ4n) is 3.59. The highest BCUT2D eigenvalue weighted by Gasteiger charge is 2.16. The molecule has 0 atom stereocenters. The molecule has 0 bridgehead atoms. The third kappa shape index (κ3) is 5.86. The minimum atomic E-state index is -1.07. The first-order valence-corrected chi connectivity index (χ1v) is 11.6. The number of nitrogens with zero attached hydrogens (tertiary/aromatic N) is 3. The Bertz CT molecular complexity index is 1520. The van der Waals surface area contributed by atoms with E-state index in [1.807, 2.05) is 6.92 Å². The average molecular weight is 531 g/mol. The zero-order valence-corrected chi connectivity index (χ0v) is 20.5. The molecule has 2 heterocycles. The van der Waals surface area contributed by atoms with Crippen LogP contribution in [0.3, 0.4) is 0 Å². The average Bonchev–Trinajstić information content (AvgIpc) is 3.14. The number of ketones is 1. The van der Waals surface area contributed by atoms with Gasteiger partial charge in [-0.15, -0.1) is 0 Å². The minimum absolute atomic E-state index is 0.00318. The predicted molar refractivity (Wildman–Crippen MR) is 133 cm³/mol. The Labute approximate surface area is 214 Å². The number of benzene rings is 2. The number of carbonyl (C=O) groups excluding carboxylic acids is 1. The first-order valence-electron chi connectivity index (χ1n) is 10.8. The van der Waals surface area contributed by atoms with E-state index in [-0.39, 0.29) is 40.8 Å². The van der Waals surface area contributed by atoms with E-state index in [0.717, 1.165) is 0 Å². The van der Waals surface area contributed by atoms with Gasteiger partial charge in [0.25, 0.3) is 4.84 Å². The molecule has 36 heavy (non-hydrogen) atoms. The molecule has 0 aliphatic carbocycles. The summed E-state index contributed by atoms with van der Waals surface area (Å²) in [6.45, 7) is 2.11. The van der Waals surface area contributed by atoms with Crippen molar-refractivity contribution in [3.05, 3.63) is 69.9 Å². The van der Waals surface area contributed by atoms with Crippen molar-refractivity contribution in [2.75, 3.05) is 11.9 Å². The highest BCUT2D eigenvalue weighted by molar-refractivity contribution is 7.71. The van der Waals surface area contributed by atoms with Gasteiger partial charge in [0, 0.05) is 35.3 Å². The molecule has 0 saturated carbocycles. The second-order valence-corrected chi connectivity index (χ2v) is 8.52. The van der Waals surface area contributed by atoms with Gasteiger partial charge in [-0.2, -0.15) is 0 Å². The molecular formula is C24H20ClFN4O5S. The molecule has 4 rings (SSSR count). The van der Waals surface area contributed by atoms with E-state index < -0.39 is 11.8 Å². The van der Waals surface area contributed by atoms with E-state index in [4.69, 9.17) is 38.1 Å². The van der Waals surface area contributed by atoms with Crippen molar-refractivity contribution in [3.63, 3.8) is 0 Å². The lowest BCUT2D eigenvalue weighted by Crippen LogP contribution is -2.13. The Hall–Kier alpha value is -3.83. The van der Waals surface area contributed by atoms with Gasteiger partial charge in [-0.3, -0.25) is 14.2 Å². The largest absolute Gasteiger partial charge is 0.494 e. The van der Waals surface area contributed by atoms with E-state index >= 15 is 0 Å². The van der Waals surface area contributed by atoms with Crippen molar-refractivity contribution in [1.29, 1.82) is 0 Å². The van der Waals surface area contributed by atoms with Crippen LogP contribution >= 0.6 is 23.8 Å². The van der Waals surface area contributed by atoms with Crippen LogP contribution in [0.4, 0.5) is 15.9 Å². The molecule has 2 N–H and O–H groups in total. The summed E-state index contributed by atoms with van der Waals surface area (Å²) in [7, 11) is 0. The van der Waals surface area contributed by atoms with Gasteiger partial charge in [-0.25, -0.2) is 14.4 Å². The third-order valence-corrected chi connectivity index (χ3v) is 5.72. The number of carboxylic acid groups (broad SMARTS) is 1. The maximum Gasteiger partial charge on any atom is 0.311 e. The van der Waals surface area contributed by atoms with Gasteiger partial charge < -0.3 is 19.6 Å². The molecule has 0 aliphatic heterocycles. The number of hydrogen-bond donors (Lipinski definition) is 2. The standard InChI is InChI=1S/C24H20ClFN4O5S/c1-2-34-21-9-20-17(23(28-12-27-20)29-14-3-4-19(26)18(25)7-14)6-13(21)5-15(31)10-30-11-16(8-22(32)33)35-24(30)36/h3-4,6-7,9,11-12H,2,5,8,10H2,1H3,(H,32,33)(H,27,28,29). The number of aliphatic carboxylic acids is 1. The number of carbonyl (C=O) groups is 2. The first-order chi connectivity index (χ1) is 17.2. The number of oxazole rings is 1. The van der Waals surface area contributed by atoms with Crippen LogP contribution in [-0.2, 0) is 29.0 Å². The van der Waals surface area contributed by atoms with E-state index in [9.17, 15) is 14.0 Å². The Kier molecular flexibility index (Phi) is 7.61. The Morgan fingerprint density at radius 2 is 2.06 bits per heavy atom. The monoisotopic (exact) mass is 530 g/mol. The van der Waals surface area contributed by atoms with E-state index in [0.29, 0.717) is 40.3 Å². The fourth-order valence-corrected chi connectivity index (χ4v) is 3.99. The number of halogens is 2. The number of anilines is 2. The van der Waals surface area contributed by atoms with E-state index in [2.05, 4.69) is 15.3 Å². The fraction of sp³-hybridized carbons (Fsp3) is 0.208. The van der Waals surface area contributed by atoms with E-state index in [1.54, 1.807) is 12.1 Å². The molecule has 0 aliphatic rings. The van der Waals surface area contributed by atoms with Crippen molar-refractivity contribution in [2.45, 2.75) is 26.3 Å². The zero-order chi connectivity index (χ0) is 25.8. The second kappa shape index (κ2) is 10.8. The first kappa shape index (κ1) is 25.3. The number of aromatic nitrogens is 3. The molecule has 0 spiro atoms. The summed E-state index contributed by atoms with van der Waals surface area (Å²) in [5, 5.41) is 12.6. The van der Waals surface area contributed by atoms with Crippen LogP contribution in [0.15, 0.2) is 47.3 Å². The Balaban J connectivity index is 1.63. The normalized spacial score (nSPS) is 11.0. The summed E-state index contributed by atoms with van der Waals surface area (Å²) >= 11 is 11.0. The van der Waals surface area contributed by atoms with Gasteiger partial charge in [0.2, 0.25) is 0 Å². The van der Waals surface area contributed by atoms with Gasteiger partial charge in [-0.05, 0) is 43.4 Å². The van der Waals surface area contributed by atoms with Crippen LogP contribution in [0.1, 0.15) is 18.2 Å². The van der Waals surface area contributed by atoms with Gasteiger partial charge in [0.05, 0.1) is 23.7 Å². The molecule has 12 heteroatoms. The highest BCUT2D eigenvalue weighted by atomic mass is 35.5. The summed E-state index contributed by atoms with van der Waals surface area (Å²) in [6.07, 6.45) is 2.47. The van der Waals surface area contributed by atoms with Crippen LogP contribution in [0.5, 0.6) is 5.75 Å². The lowest BCUT2D eigenvalue weighted by molar-refractivity contribution is -0.136. The lowest BCUT2D eigenvalue weighted by Gasteiger charge is -2.14. The summed E-state index contributed by atoms with van der Waals surface area (Å²) in [5.41, 5.74) is 1.71. The molecular weight excluding hydrogens is 511 g/mol. The van der Waals surface area contributed by atoms with Gasteiger partial charge in [0.15, 0.2) is 5.78 Å². The molecule has 9 nitrogen and oxygen atoms in total. The van der Waals surface area contributed by atoms with Gasteiger partial charge in [0.1, 0.15) is 35.9 Å². The van der Waals surface area contributed by atoms with Crippen molar-refractivity contribution in [2.24, 2.45) is 0 Å². The van der Waals surface area contributed by atoms with Gasteiger partial charge >= 0.3 is 5.97 Å². The number of nitrogens with one attached hydrogen (secondary N) is 1. The van der Waals surface area contributed by atoms with Crippen molar-refractivity contribution in [3.8, 4) is 5.75 Å². The number of fused-ring (bicyclic) bond motifs is 1. The molecule has 2 aromatic heterocycles. The van der Waals surface area contributed by atoms with Crippen molar-refractivity contribution < 1.29 is 28.2 Å². The molecule has 0 amide bonds. The van der Waals surface area contributed by atoms with Crippen LogP contribution in [0.2, 0.25) is 5.02 Å². The number of carboxylic acids is 1. The van der Waals surface area contributed by atoms with Crippen LogP contribution in [0.25, 0.3) is 10.9 Å². The van der Waals surface area contributed by atoms with Crippen molar-refractivity contribution in [1.82, 2.24) is 14.5 Å². The van der Waals surface area contributed by atoms with Crippen LogP contribution in [0, 0.1) is 10.7 Å². The summed E-state index contributed by atoms with van der Waals surface area (Å²) in [5.74, 6) is -0.709. The van der Waals surface area contributed by atoms with Crippen LogP contribution < -0.4 is 10.1 Å². The molecule has 4 aromatic rings. The summed E-state index contributed by atoms with van der Waals surface area (Å²) in [4.78, 5) is 32.4. The Morgan fingerprint density at radius 3 is 2.78 bits per heavy atom. The quantitative estimate of drug-likeness (QED) is 0.269. The molecule has 0 saturated heterocycles. The minimum Gasteiger partial charge on any atom is -0.494 e. The number of Topliss-reactive ketones (excluding diaryl/α,β-unsaturated/α-hetero) is 1. The number of rotatable bonds is 10. The smallest absolute Gasteiger partial charge is 0.311 e. The second-order valence-electron chi connectivity index (χ2n) is 7.76. The van der Waals surface area contributed by atoms with E-state index in [1.165, 1.54) is 35.3 Å². The molecule has 2 aromatic carbocycles. The maximum absolute atomic E-state index is 13.5.